The third-order valence-electron chi connectivity index (χ3n) is 4.13. The Morgan fingerprint density at radius 1 is 1.32 bits per heavy atom. The highest BCUT2D eigenvalue weighted by atomic mass is 32.2. The van der Waals surface area contributed by atoms with Gasteiger partial charge in [0, 0.05) is 17.2 Å². The Morgan fingerprint density at radius 2 is 2.16 bits per heavy atom. The van der Waals surface area contributed by atoms with Crippen LogP contribution in [0.1, 0.15) is 16.8 Å². The standard InChI is InChI=1S/C19H16N2O3S/c1-12-6-7-17-20-14(9-18(22)21(17)10-12)11-24-19(23)16-8-13-4-2-3-5-15(13)25-16/h2-7,9-10,16H,8,11H2,1H3/t16-/m1/s1. The summed E-state index contributed by atoms with van der Waals surface area (Å²) in [6, 6.07) is 13.1. The van der Waals surface area contributed by atoms with Crippen molar-refractivity contribution in [1.82, 2.24) is 9.38 Å². The zero-order valence-electron chi connectivity index (χ0n) is 13.6. The maximum Gasteiger partial charge on any atom is 0.320 e. The monoisotopic (exact) mass is 352 g/mol. The summed E-state index contributed by atoms with van der Waals surface area (Å²) in [4.78, 5) is 30.0. The predicted octanol–water partition coefficient (Wildman–Crippen LogP) is 2.76. The number of esters is 1. The lowest BCUT2D eigenvalue weighted by Crippen LogP contribution is -2.21. The number of thioether (sulfide) groups is 1. The molecule has 0 radical (unpaired) electrons. The van der Waals surface area contributed by atoms with Gasteiger partial charge < -0.3 is 4.74 Å². The number of hydrogen-bond donors (Lipinski definition) is 0. The molecule has 3 aromatic rings. The van der Waals surface area contributed by atoms with Crippen LogP contribution in [0.25, 0.3) is 5.65 Å². The fourth-order valence-electron chi connectivity index (χ4n) is 2.88. The molecule has 0 bridgehead atoms. The van der Waals surface area contributed by atoms with E-state index in [-0.39, 0.29) is 23.4 Å². The number of benzene rings is 1. The maximum absolute atomic E-state index is 12.3. The topological polar surface area (TPSA) is 60.7 Å². The van der Waals surface area contributed by atoms with Crippen LogP contribution in [0, 0.1) is 6.92 Å². The van der Waals surface area contributed by atoms with Crippen molar-refractivity contribution in [3.8, 4) is 0 Å². The Hall–Kier alpha value is -2.60. The molecule has 126 valence electrons. The fraction of sp³-hybridized carbons (Fsp3) is 0.211. The molecule has 0 fully saturated rings. The number of ether oxygens (including phenoxy) is 1. The summed E-state index contributed by atoms with van der Waals surface area (Å²) in [5, 5.41) is -0.235. The van der Waals surface area contributed by atoms with Crippen LogP contribution in [0.2, 0.25) is 0 Å². The molecule has 1 aliphatic heterocycles. The van der Waals surface area contributed by atoms with Crippen molar-refractivity contribution in [2.75, 3.05) is 0 Å². The summed E-state index contributed by atoms with van der Waals surface area (Å²) in [6.07, 6.45) is 2.42. The number of rotatable bonds is 3. The van der Waals surface area contributed by atoms with E-state index in [0.29, 0.717) is 17.8 Å². The van der Waals surface area contributed by atoms with Crippen LogP contribution in [-0.2, 0) is 22.6 Å². The minimum atomic E-state index is -0.271. The molecule has 0 aliphatic carbocycles. The highest BCUT2D eigenvalue weighted by molar-refractivity contribution is 8.01. The van der Waals surface area contributed by atoms with Crippen molar-refractivity contribution >= 4 is 23.4 Å². The highest BCUT2D eigenvalue weighted by Crippen LogP contribution is 2.37. The lowest BCUT2D eigenvalue weighted by molar-refractivity contribution is -0.144. The highest BCUT2D eigenvalue weighted by Gasteiger charge is 2.29. The Labute approximate surface area is 148 Å². The minimum absolute atomic E-state index is 0.00581. The van der Waals surface area contributed by atoms with E-state index in [1.54, 1.807) is 12.3 Å². The van der Waals surface area contributed by atoms with E-state index < -0.39 is 0 Å². The van der Waals surface area contributed by atoms with Gasteiger partial charge in [-0.2, -0.15) is 0 Å². The first-order valence-electron chi connectivity index (χ1n) is 8.00. The molecule has 0 unspecified atom stereocenters. The second-order valence-electron chi connectivity index (χ2n) is 6.05. The van der Waals surface area contributed by atoms with Gasteiger partial charge in [0.2, 0.25) is 0 Å². The van der Waals surface area contributed by atoms with Gasteiger partial charge in [-0.1, -0.05) is 24.3 Å². The average Bonchev–Trinajstić information content (AvgIpc) is 3.04. The molecule has 0 amide bonds. The van der Waals surface area contributed by atoms with Gasteiger partial charge in [-0.3, -0.25) is 14.0 Å². The minimum Gasteiger partial charge on any atom is -0.458 e. The summed E-state index contributed by atoms with van der Waals surface area (Å²) in [5.74, 6) is -0.271. The molecule has 0 saturated carbocycles. The molecule has 2 aromatic heterocycles. The van der Waals surface area contributed by atoms with E-state index in [2.05, 4.69) is 4.98 Å². The van der Waals surface area contributed by atoms with Crippen molar-refractivity contribution in [2.45, 2.75) is 30.1 Å². The van der Waals surface area contributed by atoms with E-state index in [4.69, 9.17) is 4.74 Å². The van der Waals surface area contributed by atoms with Gasteiger partial charge in [0.25, 0.3) is 5.56 Å². The Balaban J connectivity index is 1.47. The number of carbonyl (C=O) groups excluding carboxylic acids is 1. The van der Waals surface area contributed by atoms with Crippen molar-refractivity contribution in [3.63, 3.8) is 0 Å². The van der Waals surface area contributed by atoms with Crippen molar-refractivity contribution in [2.24, 2.45) is 0 Å². The van der Waals surface area contributed by atoms with E-state index in [1.165, 1.54) is 27.8 Å². The van der Waals surface area contributed by atoms with E-state index in [0.717, 1.165) is 10.5 Å². The zero-order chi connectivity index (χ0) is 17.4. The van der Waals surface area contributed by atoms with E-state index >= 15 is 0 Å². The largest absolute Gasteiger partial charge is 0.458 e. The first-order chi connectivity index (χ1) is 12.1. The molecule has 1 aliphatic rings. The van der Waals surface area contributed by atoms with Crippen LogP contribution in [0.15, 0.2) is 58.4 Å². The number of carbonyl (C=O) groups is 1. The molecular weight excluding hydrogens is 336 g/mol. The number of aromatic nitrogens is 2. The first kappa shape index (κ1) is 15.9. The van der Waals surface area contributed by atoms with Crippen molar-refractivity contribution in [1.29, 1.82) is 0 Å². The van der Waals surface area contributed by atoms with E-state index in [9.17, 15) is 9.59 Å². The molecule has 5 nitrogen and oxygen atoms in total. The summed E-state index contributed by atoms with van der Waals surface area (Å²) >= 11 is 1.53. The van der Waals surface area contributed by atoms with Gasteiger partial charge >= 0.3 is 5.97 Å². The van der Waals surface area contributed by atoms with Crippen LogP contribution >= 0.6 is 11.8 Å². The summed E-state index contributed by atoms with van der Waals surface area (Å²) in [7, 11) is 0. The molecule has 4 rings (SSSR count). The van der Waals surface area contributed by atoms with Crippen LogP contribution in [0.5, 0.6) is 0 Å². The number of hydrogen-bond acceptors (Lipinski definition) is 5. The van der Waals surface area contributed by atoms with Crippen molar-refractivity contribution < 1.29 is 9.53 Å². The predicted molar refractivity (Wildman–Crippen MR) is 95.8 cm³/mol. The molecule has 6 heteroatoms. The maximum atomic E-state index is 12.3. The Kier molecular flexibility index (Phi) is 4.05. The SMILES string of the molecule is Cc1ccc2nc(COC(=O)[C@H]3Cc4ccccc4S3)cc(=O)n2c1. The van der Waals surface area contributed by atoms with Gasteiger partial charge in [-0.25, -0.2) is 4.98 Å². The van der Waals surface area contributed by atoms with Gasteiger partial charge in [0.15, 0.2) is 0 Å². The van der Waals surface area contributed by atoms with Crippen LogP contribution in [0.4, 0.5) is 0 Å². The molecular formula is C19H16N2O3S. The first-order valence-corrected chi connectivity index (χ1v) is 8.88. The van der Waals surface area contributed by atoms with Crippen LogP contribution in [-0.4, -0.2) is 20.6 Å². The third-order valence-corrected chi connectivity index (χ3v) is 5.43. The third kappa shape index (κ3) is 3.17. The summed E-state index contributed by atoms with van der Waals surface area (Å²) in [6.45, 7) is 1.92. The number of aryl methyl sites for hydroxylation is 1. The average molecular weight is 352 g/mol. The summed E-state index contributed by atoms with van der Waals surface area (Å²) < 4.78 is 6.89. The van der Waals surface area contributed by atoms with Gasteiger partial charge in [-0.05, 0) is 36.6 Å². The zero-order valence-corrected chi connectivity index (χ0v) is 14.5. The quantitative estimate of drug-likeness (QED) is 0.679. The molecule has 3 heterocycles. The van der Waals surface area contributed by atoms with Crippen LogP contribution in [0.3, 0.4) is 0 Å². The molecule has 25 heavy (non-hydrogen) atoms. The van der Waals surface area contributed by atoms with Crippen molar-refractivity contribution in [3.05, 3.63) is 75.8 Å². The number of nitrogens with zero attached hydrogens (tertiary/aromatic N) is 2. The molecule has 0 spiro atoms. The molecule has 1 aromatic carbocycles. The van der Waals surface area contributed by atoms with Crippen LogP contribution < -0.4 is 5.56 Å². The Morgan fingerprint density at radius 3 is 3.00 bits per heavy atom. The normalized spacial score (nSPS) is 16.0. The van der Waals surface area contributed by atoms with Gasteiger partial charge in [0.1, 0.15) is 17.5 Å². The molecule has 0 saturated heterocycles. The number of pyridine rings is 1. The van der Waals surface area contributed by atoms with Gasteiger partial charge in [0.05, 0.1) is 5.69 Å². The second-order valence-corrected chi connectivity index (χ2v) is 7.29. The van der Waals surface area contributed by atoms with Gasteiger partial charge in [-0.15, -0.1) is 11.8 Å². The smallest absolute Gasteiger partial charge is 0.320 e. The fourth-order valence-corrected chi connectivity index (χ4v) is 4.08. The lowest BCUT2D eigenvalue weighted by Gasteiger charge is -2.09. The molecule has 1 atom stereocenters. The number of fused-ring (bicyclic) bond motifs is 2. The lowest BCUT2D eigenvalue weighted by atomic mass is 10.1. The van der Waals surface area contributed by atoms with E-state index in [1.807, 2.05) is 37.3 Å². The Bertz CT molecular complexity index is 1000. The second kappa shape index (κ2) is 6.37. The summed E-state index contributed by atoms with van der Waals surface area (Å²) in [5.41, 5.74) is 2.98. The molecule has 0 N–H and O–H groups in total.